The lowest BCUT2D eigenvalue weighted by Gasteiger charge is -2.33. The monoisotopic (exact) mass is 299 g/mol. The van der Waals surface area contributed by atoms with Crippen molar-refractivity contribution in [3.8, 4) is 0 Å². The van der Waals surface area contributed by atoms with Crippen LogP contribution in [0.25, 0.3) is 0 Å². The number of carbonyl (C=O) groups is 1. The molecule has 110 valence electrons. The molecule has 0 radical (unpaired) electrons. The van der Waals surface area contributed by atoms with Gasteiger partial charge < -0.3 is 10.2 Å². The molecule has 1 aliphatic heterocycles. The van der Waals surface area contributed by atoms with E-state index in [4.69, 9.17) is 5.11 Å². The molecule has 0 bridgehead atoms. The molecule has 2 atom stereocenters. The minimum atomic E-state index is -3.71. The van der Waals surface area contributed by atoms with Crippen molar-refractivity contribution in [2.75, 3.05) is 13.1 Å². The largest absolute Gasteiger partial charge is 0.481 e. The van der Waals surface area contributed by atoms with Crippen LogP contribution in [0, 0.1) is 12.8 Å². The predicted molar refractivity (Wildman–Crippen MR) is 71.7 cm³/mol. The molecule has 1 heterocycles. The summed E-state index contributed by atoms with van der Waals surface area (Å²) in [5, 5.41) is 18.6. The van der Waals surface area contributed by atoms with Gasteiger partial charge in [-0.05, 0) is 25.5 Å². The van der Waals surface area contributed by atoms with E-state index >= 15 is 0 Å². The molecule has 0 amide bonds. The summed E-state index contributed by atoms with van der Waals surface area (Å²) in [6.45, 7) is 1.78. The number of sulfonamides is 1. The lowest BCUT2D eigenvalue weighted by Crippen LogP contribution is -2.48. The number of aliphatic carboxylic acids is 1. The summed E-state index contributed by atoms with van der Waals surface area (Å²) in [4.78, 5) is 11.2. The van der Waals surface area contributed by atoms with Crippen LogP contribution in [0.2, 0.25) is 0 Å². The van der Waals surface area contributed by atoms with Crippen molar-refractivity contribution in [2.45, 2.75) is 24.3 Å². The number of rotatable bonds is 3. The van der Waals surface area contributed by atoms with Crippen LogP contribution < -0.4 is 0 Å². The Morgan fingerprint density at radius 2 is 1.90 bits per heavy atom. The van der Waals surface area contributed by atoms with Crippen molar-refractivity contribution in [3.63, 3.8) is 0 Å². The number of aryl methyl sites for hydroxylation is 1. The maximum absolute atomic E-state index is 12.4. The first kappa shape index (κ1) is 15.0. The lowest BCUT2D eigenvalue weighted by molar-refractivity contribution is -0.147. The van der Waals surface area contributed by atoms with Gasteiger partial charge >= 0.3 is 5.97 Å². The number of carboxylic acids is 1. The maximum Gasteiger partial charge on any atom is 0.310 e. The van der Waals surface area contributed by atoms with Crippen molar-refractivity contribution >= 4 is 16.0 Å². The van der Waals surface area contributed by atoms with Gasteiger partial charge in [0.15, 0.2) is 0 Å². The Balaban J connectivity index is 2.26. The number of hydrogen-bond acceptors (Lipinski definition) is 4. The van der Waals surface area contributed by atoms with Crippen molar-refractivity contribution in [1.82, 2.24) is 4.31 Å². The number of piperidine rings is 1. The highest BCUT2D eigenvalue weighted by atomic mass is 32.2. The molecular weight excluding hydrogens is 282 g/mol. The third-order valence-corrected chi connectivity index (χ3v) is 5.39. The van der Waals surface area contributed by atoms with E-state index in [1.807, 2.05) is 6.92 Å². The van der Waals surface area contributed by atoms with E-state index in [9.17, 15) is 18.3 Å². The summed E-state index contributed by atoms with van der Waals surface area (Å²) in [6, 6.07) is 6.40. The first-order valence-electron chi connectivity index (χ1n) is 6.30. The molecule has 1 aromatic rings. The fourth-order valence-corrected chi connectivity index (χ4v) is 3.71. The highest BCUT2D eigenvalue weighted by Crippen LogP contribution is 2.24. The van der Waals surface area contributed by atoms with Gasteiger partial charge in [-0.25, -0.2) is 8.42 Å². The van der Waals surface area contributed by atoms with E-state index in [0.717, 1.165) is 9.87 Å². The Morgan fingerprint density at radius 3 is 2.45 bits per heavy atom. The molecule has 1 saturated heterocycles. The molecule has 1 aromatic carbocycles. The molecule has 0 aliphatic carbocycles. The van der Waals surface area contributed by atoms with Crippen LogP contribution >= 0.6 is 0 Å². The SMILES string of the molecule is Cc1ccc(S(=O)(=O)N2CC[C@@H](O)[C@@H](C(=O)O)C2)cc1. The van der Waals surface area contributed by atoms with Crippen molar-refractivity contribution in [1.29, 1.82) is 0 Å². The van der Waals surface area contributed by atoms with Gasteiger partial charge in [0.2, 0.25) is 10.0 Å². The lowest BCUT2D eigenvalue weighted by atomic mass is 9.96. The van der Waals surface area contributed by atoms with E-state index < -0.39 is 28.0 Å². The van der Waals surface area contributed by atoms with Crippen LogP contribution in [0.5, 0.6) is 0 Å². The van der Waals surface area contributed by atoms with Crippen LogP contribution in [-0.4, -0.2) is 48.1 Å². The quantitative estimate of drug-likeness (QED) is 0.845. The van der Waals surface area contributed by atoms with Gasteiger partial charge in [0, 0.05) is 13.1 Å². The third-order valence-electron chi connectivity index (χ3n) is 3.52. The normalized spacial score (nSPS) is 24.5. The van der Waals surface area contributed by atoms with E-state index in [0.29, 0.717) is 0 Å². The topological polar surface area (TPSA) is 94.9 Å². The van der Waals surface area contributed by atoms with Crippen molar-refractivity contribution in [2.24, 2.45) is 5.92 Å². The van der Waals surface area contributed by atoms with Gasteiger partial charge in [0.25, 0.3) is 0 Å². The summed E-state index contributed by atoms with van der Waals surface area (Å²) >= 11 is 0. The molecule has 7 heteroatoms. The highest BCUT2D eigenvalue weighted by molar-refractivity contribution is 7.89. The summed E-state index contributed by atoms with van der Waals surface area (Å²) in [6.07, 6.45) is -0.876. The fourth-order valence-electron chi connectivity index (χ4n) is 2.23. The molecular formula is C13H17NO5S. The van der Waals surface area contributed by atoms with Gasteiger partial charge in [0.05, 0.1) is 16.9 Å². The number of hydrogen-bond donors (Lipinski definition) is 2. The van der Waals surface area contributed by atoms with Crippen LogP contribution in [0.1, 0.15) is 12.0 Å². The Hall–Kier alpha value is -1.44. The summed E-state index contributed by atoms with van der Waals surface area (Å²) in [5.74, 6) is -2.26. The van der Waals surface area contributed by atoms with Crippen LogP contribution in [0.15, 0.2) is 29.2 Å². The number of carboxylic acid groups (broad SMARTS) is 1. The molecule has 0 spiro atoms. The van der Waals surface area contributed by atoms with E-state index in [-0.39, 0.29) is 24.4 Å². The zero-order chi connectivity index (χ0) is 14.9. The molecule has 0 aromatic heterocycles. The smallest absolute Gasteiger partial charge is 0.310 e. The minimum Gasteiger partial charge on any atom is -0.481 e. The van der Waals surface area contributed by atoms with Gasteiger partial charge in [-0.15, -0.1) is 0 Å². The first-order valence-corrected chi connectivity index (χ1v) is 7.74. The number of benzene rings is 1. The summed E-state index contributed by atoms with van der Waals surface area (Å²) in [5.41, 5.74) is 0.946. The molecule has 2 N–H and O–H groups in total. The predicted octanol–water partition coefficient (Wildman–Crippen LogP) is 0.451. The minimum absolute atomic E-state index is 0.126. The highest BCUT2D eigenvalue weighted by Gasteiger charge is 2.38. The molecule has 1 fully saturated rings. The molecule has 2 rings (SSSR count). The van der Waals surface area contributed by atoms with Crippen LogP contribution in [-0.2, 0) is 14.8 Å². The Labute approximate surface area is 117 Å². The molecule has 20 heavy (non-hydrogen) atoms. The van der Waals surface area contributed by atoms with Crippen LogP contribution in [0.4, 0.5) is 0 Å². The zero-order valence-electron chi connectivity index (χ0n) is 11.1. The van der Waals surface area contributed by atoms with E-state index in [1.165, 1.54) is 12.1 Å². The number of nitrogens with zero attached hydrogens (tertiary/aromatic N) is 1. The second-order valence-electron chi connectivity index (χ2n) is 4.98. The Kier molecular flexibility index (Phi) is 4.12. The van der Waals surface area contributed by atoms with Crippen LogP contribution in [0.3, 0.4) is 0 Å². The summed E-state index contributed by atoms with van der Waals surface area (Å²) in [7, 11) is -3.71. The number of aliphatic hydroxyl groups excluding tert-OH is 1. The molecule has 1 aliphatic rings. The maximum atomic E-state index is 12.4. The summed E-state index contributed by atoms with van der Waals surface area (Å²) < 4.78 is 26.0. The third kappa shape index (κ3) is 2.84. The second kappa shape index (κ2) is 5.51. The van der Waals surface area contributed by atoms with Gasteiger partial charge in [-0.3, -0.25) is 4.79 Å². The van der Waals surface area contributed by atoms with E-state index in [1.54, 1.807) is 12.1 Å². The zero-order valence-corrected chi connectivity index (χ0v) is 11.9. The number of aliphatic hydroxyl groups is 1. The first-order chi connectivity index (χ1) is 9.32. The van der Waals surface area contributed by atoms with Crippen molar-refractivity contribution < 1.29 is 23.4 Å². The van der Waals surface area contributed by atoms with Gasteiger partial charge in [-0.1, -0.05) is 17.7 Å². The van der Waals surface area contributed by atoms with Gasteiger partial charge in [-0.2, -0.15) is 4.31 Å². The Morgan fingerprint density at radius 1 is 1.30 bits per heavy atom. The van der Waals surface area contributed by atoms with E-state index in [2.05, 4.69) is 0 Å². The Bertz CT molecular complexity index is 596. The standard InChI is InChI=1S/C13H17NO5S/c1-9-2-4-10(5-3-9)20(18,19)14-7-6-12(15)11(8-14)13(16)17/h2-5,11-12,15H,6-8H2,1H3,(H,16,17)/t11-,12+/m0/s1. The average molecular weight is 299 g/mol. The average Bonchev–Trinajstić information content (AvgIpc) is 2.39. The van der Waals surface area contributed by atoms with Gasteiger partial charge in [0.1, 0.15) is 0 Å². The fraction of sp³-hybridized carbons (Fsp3) is 0.462. The molecule has 0 unspecified atom stereocenters. The second-order valence-corrected chi connectivity index (χ2v) is 6.91. The molecule has 0 saturated carbocycles. The van der Waals surface area contributed by atoms with Crippen molar-refractivity contribution in [3.05, 3.63) is 29.8 Å². The molecule has 6 nitrogen and oxygen atoms in total.